The molecular formula is C22H15F6N. The summed E-state index contributed by atoms with van der Waals surface area (Å²) in [6, 6.07) is 17.9. The molecule has 0 aliphatic heterocycles. The maximum atomic E-state index is 12.8. The van der Waals surface area contributed by atoms with Gasteiger partial charge in [-0.25, -0.2) is 0 Å². The third-order valence-corrected chi connectivity index (χ3v) is 4.23. The fraction of sp³-hybridized carbons (Fsp3) is 0.136. The second-order valence-electron chi connectivity index (χ2n) is 6.30. The van der Waals surface area contributed by atoms with Gasteiger partial charge in [-0.2, -0.15) is 26.3 Å². The molecule has 0 N–H and O–H groups in total. The van der Waals surface area contributed by atoms with E-state index in [1.54, 1.807) is 0 Å². The maximum absolute atomic E-state index is 12.8. The van der Waals surface area contributed by atoms with Gasteiger partial charge in [0.2, 0.25) is 0 Å². The molecule has 29 heavy (non-hydrogen) atoms. The summed E-state index contributed by atoms with van der Waals surface area (Å²) in [6.45, 7) is 0.234. The number of alkyl halides is 6. The van der Waals surface area contributed by atoms with E-state index in [2.05, 4.69) is 4.99 Å². The SMILES string of the molecule is FC(F)(F)c1ccc(C(=NCc2ccccc2)c2ccc(C(F)(F)F)cc2)cc1. The average molecular weight is 407 g/mol. The molecule has 0 aliphatic carbocycles. The van der Waals surface area contributed by atoms with E-state index in [4.69, 9.17) is 0 Å². The Morgan fingerprint density at radius 3 is 1.38 bits per heavy atom. The average Bonchev–Trinajstić information content (AvgIpc) is 2.68. The highest BCUT2D eigenvalue weighted by atomic mass is 19.4. The second kappa shape index (κ2) is 8.11. The van der Waals surface area contributed by atoms with Crippen molar-refractivity contribution in [1.82, 2.24) is 0 Å². The summed E-state index contributed by atoms with van der Waals surface area (Å²) in [4.78, 5) is 4.47. The van der Waals surface area contributed by atoms with Gasteiger partial charge in [-0.05, 0) is 29.8 Å². The van der Waals surface area contributed by atoms with Crippen LogP contribution in [0.3, 0.4) is 0 Å². The van der Waals surface area contributed by atoms with Gasteiger partial charge in [0, 0.05) is 11.1 Å². The predicted molar refractivity (Wildman–Crippen MR) is 98.7 cm³/mol. The van der Waals surface area contributed by atoms with Crippen molar-refractivity contribution in [3.8, 4) is 0 Å². The monoisotopic (exact) mass is 407 g/mol. The summed E-state index contributed by atoms with van der Waals surface area (Å²) in [7, 11) is 0. The van der Waals surface area contributed by atoms with Gasteiger partial charge in [0.25, 0.3) is 0 Å². The van der Waals surface area contributed by atoms with Crippen molar-refractivity contribution < 1.29 is 26.3 Å². The minimum atomic E-state index is -4.48. The van der Waals surface area contributed by atoms with Crippen molar-refractivity contribution in [2.24, 2.45) is 4.99 Å². The predicted octanol–water partition coefficient (Wildman–Crippen LogP) is 6.76. The third-order valence-electron chi connectivity index (χ3n) is 4.23. The van der Waals surface area contributed by atoms with Crippen molar-refractivity contribution >= 4 is 5.71 Å². The van der Waals surface area contributed by atoms with Crippen LogP contribution in [0.15, 0.2) is 83.9 Å². The number of rotatable bonds is 4. The van der Waals surface area contributed by atoms with Crippen LogP contribution in [0, 0.1) is 0 Å². The largest absolute Gasteiger partial charge is 0.416 e. The van der Waals surface area contributed by atoms with Gasteiger partial charge in [0.15, 0.2) is 0 Å². The van der Waals surface area contributed by atoms with Crippen LogP contribution in [0.25, 0.3) is 0 Å². The Hall–Kier alpha value is -3.09. The van der Waals surface area contributed by atoms with Crippen molar-refractivity contribution in [2.45, 2.75) is 18.9 Å². The van der Waals surface area contributed by atoms with E-state index in [9.17, 15) is 26.3 Å². The van der Waals surface area contributed by atoms with Crippen LogP contribution in [0.4, 0.5) is 26.3 Å². The highest BCUT2D eigenvalue weighted by Crippen LogP contribution is 2.31. The highest BCUT2D eigenvalue weighted by molar-refractivity contribution is 6.12. The van der Waals surface area contributed by atoms with E-state index in [1.807, 2.05) is 30.3 Å². The molecule has 0 spiro atoms. The lowest BCUT2D eigenvalue weighted by molar-refractivity contribution is -0.138. The Kier molecular flexibility index (Phi) is 5.77. The van der Waals surface area contributed by atoms with Gasteiger partial charge in [-0.3, -0.25) is 4.99 Å². The van der Waals surface area contributed by atoms with Crippen molar-refractivity contribution in [2.75, 3.05) is 0 Å². The molecule has 0 atom stereocenters. The van der Waals surface area contributed by atoms with Crippen LogP contribution < -0.4 is 0 Å². The molecule has 150 valence electrons. The molecule has 0 fully saturated rings. The molecule has 0 bridgehead atoms. The second-order valence-corrected chi connectivity index (χ2v) is 6.30. The zero-order valence-corrected chi connectivity index (χ0v) is 14.9. The maximum Gasteiger partial charge on any atom is 0.416 e. The topological polar surface area (TPSA) is 12.4 Å². The van der Waals surface area contributed by atoms with Crippen LogP contribution in [-0.4, -0.2) is 5.71 Å². The van der Waals surface area contributed by atoms with Gasteiger partial charge in [0.1, 0.15) is 0 Å². The van der Waals surface area contributed by atoms with Crippen LogP contribution >= 0.6 is 0 Å². The summed E-state index contributed by atoms with van der Waals surface area (Å²) in [5, 5.41) is 0. The van der Waals surface area contributed by atoms with E-state index in [0.717, 1.165) is 29.8 Å². The molecule has 3 aromatic carbocycles. The van der Waals surface area contributed by atoms with E-state index < -0.39 is 23.5 Å². The van der Waals surface area contributed by atoms with Crippen molar-refractivity contribution in [3.63, 3.8) is 0 Å². The summed E-state index contributed by atoms with van der Waals surface area (Å²) in [6.07, 6.45) is -8.96. The Morgan fingerprint density at radius 2 is 1.00 bits per heavy atom. The van der Waals surface area contributed by atoms with E-state index in [-0.39, 0.29) is 6.54 Å². The first-order valence-corrected chi connectivity index (χ1v) is 8.58. The molecule has 0 heterocycles. The lowest BCUT2D eigenvalue weighted by Crippen LogP contribution is -2.09. The molecule has 0 radical (unpaired) electrons. The Bertz CT molecular complexity index is 910. The third kappa shape index (κ3) is 5.25. The van der Waals surface area contributed by atoms with Gasteiger partial charge in [-0.1, -0.05) is 54.6 Å². The lowest BCUT2D eigenvalue weighted by Gasteiger charge is -2.12. The van der Waals surface area contributed by atoms with Gasteiger partial charge in [-0.15, -0.1) is 0 Å². The van der Waals surface area contributed by atoms with Gasteiger partial charge >= 0.3 is 12.4 Å². The fourth-order valence-electron chi connectivity index (χ4n) is 2.74. The lowest BCUT2D eigenvalue weighted by atomic mass is 9.99. The molecule has 0 aromatic heterocycles. The first-order chi connectivity index (χ1) is 13.6. The number of benzene rings is 3. The van der Waals surface area contributed by atoms with E-state index in [0.29, 0.717) is 16.8 Å². The summed E-state index contributed by atoms with van der Waals surface area (Å²) >= 11 is 0. The van der Waals surface area contributed by atoms with Crippen molar-refractivity contribution in [1.29, 1.82) is 0 Å². The molecule has 0 aliphatic rings. The molecule has 0 saturated carbocycles. The van der Waals surface area contributed by atoms with Crippen molar-refractivity contribution in [3.05, 3.63) is 107 Å². The molecule has 3 rings (SSSR count). The highest BCUT2D eigenvalue weighted by Gasteiger charge is 2.31. The number of aliphatic imine (C=N–C) groups is 1. The summed E-state index contributed by atoms with van der Waals surface area (Å²) in [5.41, 5.74) is 0.328. The summed E-state index contributed by atoms with van der Waals surface area (Å²) in [5.74, 6) is 0. The van der Waals surface area contributed by atoms with Crippen LogP contribution in [-0.2, 0) is 18.9 Å². The van der Waals surface area contributed by atoms with E-state index in [1.165, 1.54) is 24.3 Å². The smallest absolute Gasteiger partial charge is 0.279 e. The zero-order chi connectivity index (χ0) is 21.1. The minimum Gasteiger partial charge on any atom is -0.279 e. The fourth-order valence-corrected chi connectivity index (χ4v) is 2.74. The standard InChI is InChI=1S/C22H15F6N/c23-21(24,25)18-10-6-16(7-11-18)20(29-14-15-4-2-1-3-5-15)17-8-12-19(13-9-17)22(26,27)28/h1-13H,14H2. The molecule has 0 amide bonds. The van der Waals surface area contributed by atoms with E-state index >= 15 is 0 Å². The zero-order valence-electron chi connectivity index (χ0n) is 14.9. The Balaban J connectivity index is 2.00. The summed E-state index contributed by atoms with van der Waals surface area (Å²) < 4.78 is 77.0. The molecule has 7 heteroatoms. The number of hydrogen-bond donors (Lipinski definition) is 0. The normalized spacial score (nSPS) is 11.9. The van der Waals surface area contributed by atoms with Crippen LogP contribution in [0.5, 0.6) is 0 Å². The minimum absolute atomic E-state index is 0.234. The molecule has 1 nitrogen and oxygen atoms in total. The van der Waals surface area contributed by atoms with Crippen LogP contribution in [0.2, 0.25) is 0 Å². The number of nitrogens with zero attached hydrogens (tertiary/aromatic N) is 1. The molecule has 3 aromatic rings. The first-order valence-electron chi connectivity index (χ1n) is 8.58. The molecular weight excluding hydrogens is 392 g/mol. The number of hydrogen-bond acceptors (Lipinski definition) is 1. The quantitative estimate of drug-likeness (QED) is 0.335. The first kappa shape index (κ1) is 20.6. The molecule has 0 unspecified atom stereocenters. The molecule has 0 saturated heterocycles. The Labute approximate surface area is 163 Å². The van der Waals surface area contributed by atoms with Gasteiger partial charge in [0.05, 0.1) is 23.4 Å². The van der Waals surface area contributed by atoms with Gasteiger partial charge < -0.3 is 0 Å². The van der Waals surface area contributed by atoms with Crippen LogP contribution in [0.1, 0.15) is 27.8 Å². The Morgan fingerprint density at radius 1 is 0.586 bits per heavy atom. The number of halogens is 6.